The van der Waals surface area contributed by atoms with Gasteiger partial charge in [0.1, 0.15) is 17.4 Å². The molecule has 1 heterocycles. The van der Waals surface area contributed by atoms with Gasteiger partial charge in [-0.25, -0.2) is 0 Å². The van der Waals surface area contributed by atoms with Gasteiger partial charge in [-0.05, 0) is 34.6 Å². The van der Waals surface area contributed by atoms with E-state index in [1.807, 2.05) is 12.1 Å². The molecule has 1 N–H and O–H groups in total. The van der Waals surface area contributed by atoms with Crippen molar-refractivity contribution in [1.29, 1.82) is 0 Å². The molecule has 84 valence electrons. The second-order valence-electron chi connectivity index (χ2n) is 2.95. The van der Waals surface area contributed by atoms with Crippen molar-refractivity contribution in [3.8, 4) is 16.3 Å². The topological polar surface area (TPSA) is 59.4 Å². The highest BCUT2D eigenvalue weighted by atomic mass is 32.9. The Bertz CT molecular complexity index is 503. The summed E-state index contributed by atoms with van der Waals surface area (Å²) in [5.74, 6) is 0.695. The minimum atomic E-state index is -0.166. The molecule has 6 heteroatoms. The van der Waals surface area contributed by atoms with Crippen LogP contribution in [0.3, 0.4) is 0 Å². The van der Waals surface area contributed by atoms with Crippen LogP contribution < -0.4 is 9.61 Å². The van der Waals surface area contributed by atoms with E-state index in [1.165, 1.54) is 10.3 Å². The number of aromatic nitrogens is 1. The molecular weight excluding hydrogens is 246 g/mol. The summed E-state index contributed by atoms with van der Waals surface area (Å²) >= 11 is 0. The Kier molecular flexibility index (Phi) is 3.66. The molecule has 0 aliphatic carbocycles. The summed E-state index contributed by atoms with van der Waals surface area (Å²) in [4.78, 5) is 14.6. The summed E-state index contributed by atoms with van der Waals surface area (Å²) in [5, 5.41) is 9.32. The van der Waals surface area contributed by atoms with Gasteiger partial charge >= 0.3 is 4.87 Å². The number of hydrogen-bond donors (Lipinski definition) is 1. The molecule has 0 spiro atoms. The van der Waals surface area contributed by atoms with Crippen molar-refractivity contribution in [3.63, 3.8) is 0 Å². The van der Waals surface area contributed by atoms with Gasteiger partial charge in [0.2, 0.25) is 0 Å². The molecule has 16 heavy (non-hydrogen) atoms. The fraction of sp³-hybridized carbons (Fsp3) is 0.200. The minimum absolute atomic E-state index is 0.00451. The molecule has 2 aromatic rings. The van der Waals surface area contributed by atoms with Gasteiger partial charge in [-0.15, -0.1) is 0 Å². The van der Waals surface area contributed by atoms with Gasteiger partial charge in [0, 0.05) is 5.56 Å². The first-order chi connectivity index (χ1) is 7.79. The predicted molar refractivity (Wildman–Crippen MR) is 64.3 cm³/mol. The van der Waals surface area contributed by atoms with Crippen LogP contribution >= 0.6 is 20.7 Å². The molecule has 0 radical (unpaired) electrons. The molecule has 0 fully saturated rings. The van der Waals surface area contributed by atoms with Crippen molar-refractivity contribution < 1.29 is 9.84 Å². The zero-order valence-electron chi connectivity index (χ0n) is 8.25. The summed E-state index contributed by atoms with van der Waals surface area (Å²) < 4.78 is 5.23. The largest absolute Gasteiger partial charge is 0.491 e. The van der Waals surface area contributed by atoms with Crippen LogP contribution in [0, 0.1) is 0 Å². The van der Waals surface area contributed by atoms with Gasteiger partial charge in [0.05, 0.1) is 6.61 Å². The molecule has 0 bridgehead atoms. The maximum Gasteiger partial charge on any atom is 0.337 e. The van der Waals surface area contributed by atoms with Crippen LogP contribution in [0.25, 0.3) is 10.6 Å². The Morgan fingerprint density at radius 3 is 2.56 bits per heavy atom. The molecule has 0 amide bonds. The van der Waals surface area contributed by atoms with E-state index in [2.05, 4.69) is 4.98 Å². The van der Waals surface area contributed by atoms with Crippen LogP contribution in [-0.4, -0.2) is 23.3 Å². The average Bonchev–Trinajstić information content (AvgIpc) is 2.74. The van der Waals surface area contributed by atoms with Crippen molar-refractivity contribution in [2.75, 3.05) is 13.2 Å². The second kappa shape index (κ2) is 5.20. The van der Waals surface area contributed by atoms with E-state index in [9.17, 15) is 4.79 Å². The lowest BCUT2D eigenvalue weighted by Gasteiger charge is -2.03. The van der Waals surface area contributed by atoms with Crippen molar-refractivity contribution in [2.24, 2.45) is 0 Å². The van der Waals surface area contributed by atoms with Gasteiger partial charge in [-0.2, -0.15) is 4.98 Å². The molecule has 1 aromatic heterocycles. The summed E-state index contributed by atoms with van der Waals surface area (Å²) in [6.45, 7) is 0.277. The monoisotopic (exact) mass is 255 g/mol. The smallest absolute Gasteiger partial charge is 0.337 e. The molecule has 4 nitrogen and oxygen atoms in total. The number of ether oxygens (including phenoxy) is 1. The highest BCUT2D eigenvalue weighted by molar-refractivity contribution is 7.69. The summed E-state index contributed by atoms with van der Waals surface area (Å²) in [6, 6.07) is 7.28. The predicted octanol–water partition coefficient (Wildman–Crippen LogP) is 1.60. The van der Waals surface area contributed by atoms with Gasteiger partial charge in [0.25, 0.3) is 0 Å². The van der Waals surface area contributed by atoms with Crippen LogP contribution in [0.2, 0.25) is 0 Å². The third-order valence-electron chi connectivity index (χ3n) is 1.85. The number of aliphatic hydroxyl groups is 1. The van der Waals surface area contributed by atoms with E-state index in [0.717, 1.165) is 20.9 Å². The van der Waals surface area contributed by atoms with Gasteiger partial charge < -0.3 is 9.84 Å². The van der Waals surface area contributed by atoms with Gasteiger partial charge in [-0.1, -0.05) is 10.3 Å². The van der Waals surface area contributed by atoms with E-state index in [1.54, 1.807) is 12.1 Å². The number of hydrogen-bond acceptors (Lipinski definition) is 6. The van der Waals surface area contributed by atoms with Crippen LogP contribution in [0.5, 0.6) is 5.75 Å². The van der Waals surface area contributed by atoms with Gasteiger partial charge in [0.15, 0.2) is 0 Å². The number of benzene rings is 1. The number of nitrogens with zero attached hydrogens (tertiary/aromatic N) is 1. The van der Waals surface area contributed by atoms with Crippen LogP contribution in [-0.2, 0) is 0 Å². The maximum absolute atomic E-state index is 10.9. The van der Waals surface area contributed by atoms with Crippen molar-refractivity contribution in [2.45, 2.75) is 0 Å². The fourth-order valence-corrected chi connectivity index (χ4v) is 2.82. The van der Waals surface area contributed by atoms with Crippen LogP contribution in [0.4, 0.5) is 0 Å². The Morgan fingerprint density at radius 1 is 1.25 bits per heavy atom. The second-order valence-corrected chi connectivity index (χ2v) is 5.02. The Balaban J connectivity index is 2.16. The highest BCUT2D eigenvalue weighted by Gasteiger charge is 2.03. The molecule has 0 atom stereocenters. The van der Waals surface area contributed by atoms with E-state index in [4.69, 9.17) is 9.84 Å². The normalized spacial score (nSPS) is 10.3. The Morgan fingerprint density at radius 2 is 2.00 bits per heavy atom. The molecule has 0 saturated carbocycles. The zero-order valence-corrected chi connectivity index (χ0v) is 9.88. The van der Waals surface area contributed by atoms with E-state index in [-0.39, 0.29) is 18.1 Å². The SMILES string of the molecule is O=c1nc(-c2ccc(OCCO)cc2)ss1. The molecule has 2 rings (SSSR count). The lowest BCUT2D eigenvalue weighted by molar-refractivity contribution is 0.201. The van der Waals surface area contributed by atoms with Crippen LogP contribution in [0.15, 0.2) is 29.1 Å². The first-order valence-electron chi connectivity index (χ1n) is 4.61. The summed E-state index contributed by atoms with van der Waals surface area (Å²) in [6.07, 6.45) is 0. The minimum Gasteiger partial charge on any atom is -0.491 e. The van der Waals surface area contributed by atoms with Crippen molar-refractivity contribution in [1.82, 2.24) is 4.98 Å². The number of rotatable bonds is 4. The summed E-state index contributed by atoms with van der Waals surface area (Å²) in [7, 11) is 2.49. The lowest BCUT2D eigenvalue weighted by atomic mass is 10.2. The third-order valence-corrected chi connectivity index (χ3v) is 3.80. The average molecular weight is 255 g/mol. The zero-order chi connectivity index (χ0) is 11.4. The first kappa shape index (κ1) is 11.3. The fourth-order valence-electron chi connectivity index (χ4n) is 1.17. The molecule has 0 aliphatic rings. The van der Waals surface area contributed by atoms with Crippen molar-refractivity contribution in [3.05, 3.63) is 33.9 Å². The van der Waals surface area contributed by atoms with Gasteiger partial charge in [-0.3, -0.25) is 4.79 Å². The molecular formula is C10H9NO3S2. The molecule has 0 unspecified atom stereocenters. The quantitative estimate of drug-likeness (QED) is 0.843. The third kappa shape index (κ3) is 2.66. The molecule has 0 saturated heterocycles. The molecule has 0 aliphatic heterocycles. The standard InChI is InChI=1S/C10H9NO3S2/c12-5-6-14-8-3-1-7(2-4-8)9-11-10(13)16-15-9/h1-4,12H,5-6H2. The van der Waals surface area contributed by atoms with Crippen molar-refractivity contribution >= 4 is 20.7 Å². The Hall–Kier alpha value is -1.24. The number of aliphatic hydroxyl groups excluding tert-OH is 1. The lowest BCUT2D eigenvalue weighted by Crippen LogP contribution is -2.01. The Labute approximate surface area is 99.2 Å². The molecule has 1 aromatic carbocycles. The van der Waals surface area contributed by atoms with E-state index < -0.39 is 0 Å². The van der Waals surface area contributed by atoms with Crippen LogP contribution in [0.1, 0.15) is 0 Å². The van der Waals surface area contributed by atoms with E-state index in [0.29, 0.717) is 5.75 Å². The highest BCUT2D eigenvalue weighted by Crippen LogP contribution is 2.24. The first-order valence-corrected chi connectivity index (χ1v) is 6.76. The maximum atomic E-state index is 10.9. The van der Waals surface area contributed by atoms with E-state index >= 15 is 0 Å². The summed E-state index contributed by atoms with van der Waals surface area (Å²) in [5.41, 5.74) is 0.902.